The van der Waals surface area contributed by atoms with Crippen molar-refractivity contribution in [2.24, 2.45) is 0 Å². The minimum atomic E-state index is -1.80. The van der Waals surface area contributed by atoms with E-state index in [1.807, 2.05) is 24.3 Å². The van der Waals surface area contributed by atoms with E-state index in [1.165, 1.54) is 0 Å². The summed E-state index contributed by atoms with van der Waals surface area (Å²) in [6, 6.07) is 7.87. The van der Waals surface area contributed by atoms with Crippen molar-refractivity contribution in [3.63, 3.8) is 0 Å². The minimum absolute atomic E-state index is 0.0515. The van der Waals surface area contributed by atoms with Gasteiger partial charge in [0, 0.05) is 0 Å². The average Bonchev–Trinajstić information content (AvgIpc) is 2.75. The third-order valence-corrected chi connectivity index (χ3v) is 8.49. The van der Waals surface area contributed by atoms with Gasteiger partial charge in [-0.2, -0.15) is 0 Å². The van der Waals surface area contributed by atoms with Gasteiger partial charge in [-0.3, -0.25) is 0 Å². The molecule has 1 amide bonds. The molecule has 1 aromatic rings. The Balaban J connectivity index is 2.07. The number of nitrogens with one attached hydrogen (secondary N) is 1. The fourth-order valence-electron chi connectivity index (χ4n) is 1.78. The first kappa shape index (κ1) is 14.9. The number of hydrogen-bond donors (Lipinski definition) is 1. The lowest BCUT2D eigenvalue weighted by Gasteiger charge is -2.36. The van der Waals surface area contributed by atoms with E-state index >= 15 is 0 Å². The van der Waals surface area contributed by atoms with E-state index in [0.29, 0.717) is 6.61 Å². The normalized spacial score (nSPS) is 19.4. The van der Waals surface area contributed by atoms with Crippen LogP contribution in [0.2, 0.25) is 18.1 Å². The molecular formula is C15H23NO3Si. The topological polar surface area (TPSA) is 47.6 Å². The largest absolute Gasteiger partial charge is 0.544 e. The molecule has 0 bridgehead atoms. The van der Waals surface area contributed by atoms with Crippen LogP contribution in [0.5, 0.6) is 5.75 Å². The van der Waals surface area contributed by atoms with Gasteiger partial charge < -0.3 is 14.5 Å². The third-order valence-electron chi connectivity index (χ3n) is 4.13. The molecule has 0 aliphatic carbocycles. The van der Waals surface area contributed by atoms with Crippen molar-refractivity contribution in [2.75, 3.05) is 6.61 Å². The highest BCUT2D eigenvalue weighted by atomic mass is 28.4. The van der Waals surface area contributed by atoms with Crippen molar-refractivity contribution in [1.29, 1.82) is 0 Å². The molecule has 1 heterocycles. The van der Waals surface area contributed by atoms with Crippen LogP contribution < -0.4 is 9.74 Å². The molecule has 2 rings (SSSR count). The van der Waals surface area contributed by atoms with Gasteiger partial charge in [-0.05, 0) is 35.8 Å². The Labute approximate surface area is 121 Å². The lowest BCUT2D eigenvalue weighted by Crippen LogP contribution is -2.43. The van der Waals surface area contributed by atoms with Crippen LogP contribution in [0.3, 0.4) is 0 Å². The quantitative estimate of drug-likeness (QED) is 0.861. The molecule has 1 N–H and O–H groups in total. The summed E-state index contributed by atoms with van der Waals surface area (Å²) in [6.07, 6.45) is -0.350. The molecule has 1 atom stereocenters. The molecule has 0 unspecified atom stereocenters. The number of cyclic esters (lactones) is 1. The molecular weight excluding hydrogens is 270 g/mol. The van der Waals surface area contributed by atoms with E-state index in [1.54, 1.807) is 0 Å². The molecule has 20 heavy (non-hydrogen) atoms. The van der Waals surface area contributed by atoms with Gasteiger partial charge in [-0.25, -0.2) is 4.79 Å². The number of ether oxygens (including phenoxy) is 1. The van der Waals surface area contributed by atoms with Crippen molar-refractivity contribution in [1.82, 2.24) is 5.32 Å². The van der Waals surface area contributed by atoms with Crippen LogP contribution in [0.15, 0.2) is 24.3 Å². The maximum absolute atomic E-state index is 11.0. The summed E-state index contributed by atoms with van der Waals surface area (Å²) >= 11 is 0. The summed E-state index contributed by atoms with van der Waals surface area (Å²) in [5.74, 6) is 0.894. The van der Waals surface area contributed by atoms with Crippen molar-refractivity contribution in [3.05, 3.63) is 29.8 Å². The van der Waals surface area contributed by atoms with Crippen LogP contribution in [0, 0.1) is 0 Å². The molecule has 1 aliphatic heterocycles. The highest BCUT2D eigenvalue weighted by Crippen LogP contribution is 2.37. The van der Waals surface area contributed by atoms with E-state index in [0.717, 1.165) is 11.3 Å². The van der Waals surface area contributed by atoms with E-state index in [9.17, 15) is 4.79 Å². The summed E-state index contributed by atoms with van der Waals surface area (Å²) in [5, 5.41) is 2.95. The van der Waals surface area contributed by atoms with Gasteiger partial charge in [-0.1, -0.05) is 32.9 Å². The smallest absolute Gasteiger partial charge is 0.407 e. The molecule has 1 aromatic carbocycles. The first-order chi connectivity index (χ1) is 9.19. The summed E-state index contributed by atoms with van der Waals surface area (Å²) in [6.45, 7) is 11.5. The Hall–Kier alpha value is -1.49. The first-order valence-corrected chi connectivity index (χ1v) is 9.82. The molecule has 1 saturated heterocycles. The number of hydrogen-bond acceptors (Lipinski definition) is 3. The SMILES string of the molecule is CC(C)(C)[Si](C)(C)Oc1ccc([C@@H]2COC(=O)N2)cc1. The van der Waals surface area contributed by atoms with E-state index in [-0.39, 0.29) is 17.2 Å². The standard InChI is InChI=1S/C15H23NO3Si/c1-15(2,3)20(4,5)19-12-8-6-11(7-9-12)13-10-18-14(17)16-13/h6-9,13H,10H2,1-5H3,(H,16,17)/t13-/m0/s1. The zero-order chi connectivity index (χ0) is 15.0. The van der Waals surface area contributed by atoms with Crippen LogP contribution in [0.25, 0.3) is 0 Å². The van der Waals surface area contributed by atoms with Gasteiger partial charge in [0.25, 0.3) is 0 Å². The van der Waals surface area contributed by atoms with Crippen LogP contribution in [0.4, 0.5) is 4.79 Å². The lowest BCUT2D eigenvalue weighted by molar-refractivity contribution is 0.177. The number of rotatable bonds is 3. The van der Waals surface area contributed by atoms with Gasteiger partial charge in [0.05, 0.1) is 6.04 Å². The van der Waals surface area contributed by atoms with Crippen molar-refractivity contribution >= 4 is 14.4 Å². The Bertz CT molecular complexity index is 491. The van der Waals surface area contributed by atoms with Gasteiger partial charge in [0.1, 0.15) is 12.4 Å². The van der Waals surface area contributed by atoms with Gasteiger partial charge in [-0.15, -0.1) is 0 Å². The fourth-order valence-corrected chi connectivity index (χ4v) is 2.81. The number of carbonyl (C=O) groups is 1. The van der Waals surface area contributed by atoms with Crippen molar-refractivity contribution in [2.45, 2.75) is 44.9 Å². The number of alkyl carbamates (subject to hydrolysis) is 1. The van der Waals surface area contributed by atoms with Crippen LogP contribution in [-0.2, 0) is 4.74 Å². The number of benzene rings is 1. The van der Waals surface area contributed by atoms with E-state index in [2.05, 4.69) is 39.2 Å². The predicted octanol–water partition coefficient (Wildman–Crippen LogP) is 3.85. The minimum Gasteiger partial charge on any atom is -0.544 e. The van der Waals surface area contributed by atoms with Gasteiger partial charge >= 0.3 is 6.09 Å². The number of amides is 1. The second-order valence-electron chi connectivity index (χ2n) is 6.73. The second kappa shape index (κ2) is 5.13. The van der Waals surface area contributed by atoms with Gasteiger partial charge in [0.15, 0.2) is 0 Å². The highest BCUT2D eigenvalue weighted by Gasteiger charge is 2.39. The summed E-state index contributed by atoms with van der Waals surface area (Å²) in [5.41, 5.74) is 1.04. The van der Waals surface area contributed by atoms with Crippen molar-refractivity contribution in [3.8, 4) is 5.75 Å². The fraction of sp³-hybridized carbons (Fsp3) is 0.533. The third kappa shape index (κ3) is 3.15. The van der Waals surface area contributed by atoms with Crippen LogP contribution >= 0.6 is 0 Å². The van der Waals surface area contributed by atoms with Crippen molar-refractivity contribution < 1.29 is 14.0 Å². The first-order valence-electron chi connectivity index (χ1n) is 6.91. The molecule has 0 spiro atoms. The molecule has 4 nitrogen and oxygen atoms in total. The maximum atomic E-state index is 11.0. The Morgan fingerprint density at radius 2 is 1.85 bits per heavy atom. The molecule has 0 radical (unpaired) electrons. The molecule has 0 aromatic heterocycles. The maximum Gasteiger partial charge on any atom is 0.407 e. The van der Waals surface area contributed by atoms with Crippen LogP contribution in [-0.4, -0.2) is 21.0 Å². The molecule has 1 aliphatic rings. The Morgan fingerprint density at radius 1 is 1.25 bits per heavy atom. The van der Waals surface area contributed by atoms with E-state index < -0.39 is 8.32 Å². The Kier molecular flexibility index (Phi) is 3.82. The average molecular weight is 293 g/mol. The molecule has 110 valence electrons. The molecule has 0 saturated carbocycles. The monoisotopic (exact) mass is 293 g/mol. The zero-order valence-electron chi connectivity index (χ0n) is 12.8. The second-order valence-corrected chi connectivity index (χ2v) is 11.5. The van der Waals surface area contributed by atoms with E-state index in [4.69, 9.17) is 9.16 Å². The zero-order valence-corrected chi connectivity index (χ0v) is 13.8. The van der Waals surface area contributed by atoms with Crippen LogP contribution in [0.1, 0.15) is 32.4 Å². The predicted molar refractivity (Wildman–Crippen MR) is 81.5 cm³/mol. The molecule has 1 fully saturated rings. The summed E-state index contributed by atoms with van der Waals surface area (Å²) < 4.78 is 11.1. The highest BCUT2D eigenvalue weighted by molar-refractivity contribution is 6.74. The summed E-state index contributed by atoms with van der Waals surface area (Å²) in [7, 11) is -1.80. The molecule has 5 heteroatoms. The van der Waals surface area contributed by atoms with Gasteiger partial charge in [0.2, 0.25) is 8.32 Å². The summed E-state index contributed by atoms with van der Waals surface area (Å²) in [4.78, 5) is 11.0. The number of carbonyl (C=O) groups excluding carboxylic acids is 1. The lowest BCUT2D eigenvalue weighted by atomic mass is 10.1. The Morgan fingerprint density at radius 3 is 2.30 bits per heavy atom.